The number of benzene rings is 2. The fraction of sp³-hybridized carbons (Fsp3) is 0.188. The zero-order valence-electron chi connectivity index (χ0n) is 11.6. The van der Waals surface area contributed by atoms with Crippen LogP contribution in [0.4, 0.5) is 14.5 Å². The molecule has 0 aliphatic heterocycles. The number of nitrogens with one attached hydrogen (secondary N) is 1. The molecule has 2 aromatic rings. The summed E-state index contributed by atoms with van der Waals surface area (Å²) in [5.74, 6) is -2.30. The van der Waals surface area contributed by atoms with Crippen LogP contribution in [-0.4, -0.2) is 5.91 Å². The van der Waals surface area contributed by atoms with Crippen LogP contribution >= 0.6 is 0 Å². The first-order chi connectivity index (χ1) is 9.99. The van der Waals surface area contributed by atoms with Crippen molar-refractivity contribution in [1.29, 1.82) is 0 Å². The van der Waals surface area contributed by atoms with Gasteiger partial charge in [0, 0.05) is 17.8 Å². The van der Waals surface area contributed by atoms with Gasteiger partial charge in [-0.15, -0.1) is 0 Å². The summed E-state index contributed by atoms with van der Waals surface area (Å²) in [5, 5.41) is 2.68. The van der Waals surface area contributed by atoms with Crippen LogP contribution < -0.4 is 11.1 Å². The second kappa shape index (κ2) is 6.35. The molecular weight excluding hydrogens is 274 g/mol. The van der Waals surface area contributed by atoms with Gasteiger partial charge in [0.05, 0.1) is 6.42 Å². The van der Waals surface area contributed by atoms with Crippen LogP contribution in [0.15, 0.2) is 36.4 Å². The van der Waals surface area contributed by atoms with E-state index in [1.54, 1.807) is 12.1 Å². The molecule has 2 rings (SSSR count). The van der Waals surface area contributed by atoms with Gasteiger partial charge in [0.1, 0.15) is 0 Å². The van der Waals surface area contributed by atoms with E-state index in [4.69, 9.17) is 5.73 Å². The maximum atomic E-state index is 13.5. The highest BCUT2D eigenvalue weighted by atomic mass is 19.2. The van der Waals surface area contributed by atoms with Gasteiger partial charge >= 0.3 is 0 Å². The molecule has 110 valence electrons. The van der Waals surface area contributed by atoms with E-state index in [9.17, 15) is 13.6 Å². The third kappa shape index (κ3) is 3.56. The lowest BCUT2D eigenvalue weighted by Gasteiger charge is -2.10. The summed E-state index contributed by atoms with van der Waals surface area (Å²) in [7, 11) is 0. The first kappa shape index (κ1) is 15.0. The molecule has 0 aliphatic carbocycles. The second-order valence-corrected chi connectivity index (χ2v) is 4.80. The van der Waals surface area contributed by atoms with Crippen molar-refractivity contribution in [2.75, 3.05) is 5.73 Å². The summed E-state index contributed by atoms with van der Waals surface area (Å²) >= 11 is 0. The number of nitrogen functional groups attached to an aromatic ring is 1. The van der Waals surface area contributed by atoms with Crippen molar-refractivity contribution in [1.82, 2.24) is 5.32 Å². The van der Waals surface area contributed by atoms with E-state index in [1.165, 1.54) is 12.1 Å². The zero-order valence-corrected chi connectivity index (χ0v) is 11.6. The molecule has 2 aromatic carbocycles. The Hall–Kier alpha value is -2.43. The first-order valence-corrected chi connectivity index (χ1v) is 6.52. The lowest BCUT2D eigenvalue weighted by molar-refractivity contribution is -0.120. The number of anilines is 1. The number of carbonyl (C=O) groups is 1. The van der Waals surface area contributed by atoms with Crippen LogP contribution in [0.25, 0.3) is 0 Å². The van der Waals surface area contributed by atoms with Gasteiger partial charge in [-0.1, -0.05) is 24.3 Å². The highest BCUT2D eigenvalue weighted by molar-refractivity contribution is 5.78. The Balaban J connectivity index is 1.99. The van der Waals surface area contributed by atoms with Crippen LogP contribution in [0.1, 0.15) is 16.7 Å². The van der Waals surface area contributed by atoms with Gasteiger partial charge in [-0.3, -0.25) is 4.79 Å². The van der Waals surface area contributed by atoms with Gasteiger partial charge in [-0.25, -0.2) is 8.78 Å². The molecule has 0 spiro atoms. The number of halogens is 2. The third-order valence-corrected chi connectivity index (χ3v) is 3.35. The Morgan fingerprint density at radius 2 is 1.81 bits per heavy atom. The van der Waals surface area contributed by atoms with Gasteiger partial charge in [0.2, 0.25) is 5.91 Å². The molecule has 0 atom stereocenters. The van der Waals surface area contributed by atoms with Crippen LogP contribution in [0, 0.1) is 18.6 Å². The third-order valence-electron chi connectivity index (χ3n) is 3.35. The Morgan fingerprint density at radius 3 is 2.57 bits per heavy atom. The Bertz CT molecular complexity index is 671. The fourth-order valence-electron chi connectivity index (χ4n) is 2.01. The van der Waals surface area contributed by atoms with Crippen LogP contribution in [-0.2, 0) is 17.8 Å². The molecule has 3 nitrogen and oxygen atoms in total. The number of hydrogen-bond donors (Lipinski definition) is 2. The summed E-state index contributed by atoms with van der Waals surface area (Å²) in [6.07, 6.45) is -0.203. The molecule has 0 aromatic heterocycles. The van der Waals surface area contributed by atoms with E-state index in [0.29, 0.717) is 12.2 Å². The second-order valence-electron chi connectivity index (χ2n) is 4.80. The van der Waals surface area contributed by atoms with E-state index in [1.807, 2.05) is 13.0 Å². The molecule has 5 heteroatoms. The topological polar surface area (TPSA) is 55.1 Å². The average molecular weight is 290 g/mol. The SMILES string of the molecule is Cc1c(N)cccc1CNC(=O)Cc1cccc(F)c1F. The van der Waals surface area contributed by atoms with Gasteiger partial charge in [-0.2, -0.15) is 0 Å². The predicted molar refractivity (Wildman–Crippen MR) is 77.5 cm³/mol. The van der Waals surface area contributed by atoms with Gasteiger partial charge in [0.25, 0.3) is 0 Å². The summed E-state index contributed by atoms with van der Waals surface area (Å²) in [6.45, 7) is 2.16. The fourth-order valence-corrected chi connectivity index (χ4v) is 2.01. The maximum Gasteiger partial charge on any atom is 0.224 e. The molecule has 0 bridgehead atoms. The minimum Gasteiger partial charge on any atom is -0.399 e. The van der Waals surface area contributed by atoms with E-state index in [0.717, 1.165) is 17.2 Å². The Morgan fingerprint density at radius 1 is 1.14 bits per heavy atom. The quantitative estimate of drug-likeness (QED) is 0.851. The zero-order chi connectivity index (χ0) is 15.4. The van der Waals surface area contributed by atoms with Crippen LogP contribution in [0.2, 0.25) is 0 Å². The van der Waals surface area contributed by atoms with Crippen molar-refractivity contribution in [2.45, 2.75) is 19.9 Å². The Labute approximate surface area is 121 Å². The normalized spacial score (nSPS) is 10.4. The van der Waals surface area contributed by atoms with Crippen LogP contribution in [0.3, 0.4) is 0 Å². The number of amides is 1. The van der Waals surface area contributed by atoms with E-state index in [-0.39, 0.29) is 17.9 Å². The summed E-state index contributed by atoms with van der Waals surface area (Å²) in [5.41, 5.74) is 8.26. The van der Waals surface area contributed by atoms with Crippen molar-refractivity contribution in [3.05, 3.63) is 64.7 Å². The lowest BCUT2D eigenvalue weighted by atomic mass is 10.1. The molecular formula is C16H16F2N2O. The van der Waals surface area contributed by atoms with Gasteiger partial charge in [-0.05, 0) is 30.2 Å². The predicted octanol–water partition coefficient (Wildman–Crippen LogP) is 2.71. The molecule has 0 radical (unpaired) electrons. The summed E-state index contributed by atoms with van der Waals surface area (Å²) < 4.78 is 26.5. The van der Waals surface area contributed by atoms with E-state index >= 15 is 0 Å². The maximum absolute atomic E-state index is 13.5. The summed E-state index contributed by atoms with van der Waals surface area (Å²) in [6, 6.07) is 9.23. The molecule has 0 saturated carbocycles. The van der Waals surface area contributed by atoms with Gasteiger partial charge in [0.15, 0.2) is 11.6 Å². The number of nitrogens with two attached hydrogens (primary N) is 1. The minimum atomic E-state index is -0.979. The lowest BCUT2D eigenvalue weighted by Crippen LogP contribution is -2.25. The number of hydrogen-bond acceptors (Lipinski definition) is 2. The molecule has 0 unspecified atom stereocenters. The number of rotatable bonds is 4. The van der Waals surface area contributed by atoms with Crippen molar-refractivity contribution >= 4 is 11.6 Å². The first-order valence-electron chi connectivity index (χ1n) is 6.52. The molecule has 0 saturated heterocycles. The number of carbonyl (C=O) groups excluding carboxylic acids is 1. The monoisotopic (exact) mass is 290 g/mol. The van der Waals surface area contributed by atoms with Crippen molar-refractivity contribution in [3.63, 3.8) is 0 Å². The van der Waals surface area contributed by atoms with Crippen molar-refractivity contribution < 1.29 is 13.6 Å². The standard InChI is InChI=1S/C16H16F2N2O/c1-10-12(5-3-7-14(10)19)9-20-15(21)8-11-4-2-6-13(17)16(11)18/h2-7H,8-9,19H2,1H3,(H,20,21). The highest BCUT2D eigenvalue weighted by Gasteiger charge is 2.11. The van der Waals surface area contributed by atoms with Crippen LogP contribution in [0.5, 0.6) is 0 Å². The average Bonchev–Trinajstić information content (AvgIpc) is 2.45. The minimum absolute atomic E-state index is 0.0387. The highest BCUT2D eigenvalue weighted by Crippen LogP contribution is 2.15. The molecule has 21 heavy (non-hydrogen) atoms. The molecule has 0 fully saturated rings. The van der Waals surface area contributed by atoms with Crippen molar-refractivity contribution in [2.24, 2.45) is 0 Å². The van der Waals surface area contributed by atoms with E-state index in [2.05, 4.69) is 5.32 Å². The molecule has 1 amide bonds. The van der Waals surface area contributed by atoms with E-state index < -0.39 is 11.6 Å². The Kier molecular flexibility index (Phi) is 4.52. The smallest absolute Gasteiger partial charge is 0.224 e. The largest absolute Gasteiger partial charge is 0.399 e. The molecule has 0 aliphatic rings. The molecule has 3 N–H and O–H groups in total. The van der Waals surface area contributed by atoms with Crippen molar-refractivity contribution in [3.8, 4) is 0 Å². The molecule has 0 heterocycles. The van der Waals surface area contributed by atoms with Gasteiger partial charge < -0.3 is 11.1 Å². The summed E-state index contributed by atoms with van der Waals surface area (Å²) in [4.78, 5) is 11.8.